The highest BCUT2D eigenvalue weighted by Gasteiger charge is 2.30. The van der Waals surface area contributed by atoms with Gasteiger partial charge in [-0.05, 0) is 25.7 Å². The molecule has 0 aromatic carbocycles. The van der Waals surface area contributed by atoms with Crippen LogP contribution < -0.4 is 0 Å². The van der Waals surface area contributed by atoms with Gasteiger partial charge in [0.25, 0.3) is 0 Å². The number of esters is 4. The number of hydrogen-bond donors (Lipinski definition) is 3. The maximum Gasteiger partial charge on any atom is 0.472 e. The Morgan fingerprint density at radius 3 is 0.728 bits per heavy atom. The van der Waals surface area contributed by atoms with Crippen molar-refractivity contribution in [1.29, 1.82) is 0 Å². The lowest BCUT2D eigenvalue weighted by molar-refractivity contribution is -0.161. The van der Waals surface area contributed by atoms with E-state index in [1.54, 1.807) is 0 Å². The fourth-order valence-electron chi connectivity index (χ4n) is 9.28. The first-order chi connectivity index (χ1) is 39.2. The molecule has 0 aliphatic carbocycles. The minimum Gasteiger partial charge on any atom is -0.462 e. The van der Waals surface area contributed by atoms with Crippen LogP contribution in [-0.2, 0) is 65.4 Å². The first-order valence-electron chi connectivity index (χ1n) is 32.8. The van der Waals surface area contributed by atoms with Gasteiger partial charge >= 0.3 is 39.5 Å². The Bertz CT molecular complexity index is 1570. The summed E-state index contributed by atoms with van der Waals surface area (Å²) in [6.07, 6.45) is 41.9. The van der Waals surface area contributed by atoms with Gasteiger partial charge in [-0.25, -0.2) is 9.13 Å². The largest absolute Gasteiger partial charge is 0.472 e. The summed E-state index contributed by atoms with van der Waals surface area (Å²) in [6.45, 7) is 4.79. The second-order valence-electron chi connectivity index (χ2n) is 22.4. The summed E-state index contributed by atoms with van der Waals surface area (Å²) in [7, 11) is -9.87. The quantitative estimate of drug-likeness (QED) is 0.0222. The van der Waals surface area contributed by atoms with Crippen molar-refractivity contribution in [2.75, 3.05) is 39.6 Å². The number of phosphoric acid groups is 2. The van der Waals surface area contributed by atoms with Crippen molar-refractivity contribution in [1.82, 2.24) is 0 Å². The predicted octanol–water partition coefficient (Wildman–Crippen LogP) is 17.2. The average molecular weight is 1200 g/mol. The lowest BCUT2D eigenvalue weighted by Gasteiger charge is -2.21. The van der Waals surface area contributed by atoms with Gasteiger partial charge < -0.3 is 33.8 Å². The van der Waals surface area contributed by atoms with E-state index in [-0.39, 0.29) is 25.7 Å². The van der Waals surface area contributed by atoms with Crippen molar-refractivity contribution in [3.8, 4) is 0 Å². The van der Waals surface area contributed by atoms with Crippen molar-refractivity contribution in [3.05, 3.63) is 0 Å². The van der Waals surface area contributed by atoms with Crippen LogP contribution in [0.4, 0.5) is 0 Å². The van der Waals surface area contributed by atoms with Gasteiger partial charge in [0.2, 0.25) is 0 Å². The van der Waals surface area contributed by atoms with Crippen LogP contribution in [0.15, 0.2) is 0 Å². The molecule has 0 radical (unpaired) electrons. The molecular formula is C62H120O17P2. The van der Waals surface area contributed by atoms with Crippen LogP contribution in [0.1, 0.15) is 317 Å². The van der Waals surface area contributed by atoms with Crippen molar-refractivity contribution in [2.24, 2.45) is 0 Å². The third-order valence-electron chi connectivity index (χ3n) is 14.4. The van der Waals surface area contributed by atoms with Gasteiger partial charge in [0.1, 0.15) is 19.3 Å². The Labute approximate surface area is 492 Å². The molecule has 5 atom stereocenters. The maximum atomic E-state index is 12.9. The molecule has 0 saturated heterocycles. The number of aliphatic hydroxyl groups is 1. The number of hydrogen-bond acceptors (Lipinski definition) is 15. The van der Waals surface area contributed by atoms with Crippen molar-refractivity contribution in [3.63, 3.8) is 0 Å². The predicted molar refractivity (Wildman–Crippen MR) is 322 cm³/mol. The molecule has 0 fully saturated rings. The van der Waals surface area contributed by atoms with Crippen LogP contribution in [0.25, 0.3) is 0 Å². The zero-order chi connectivity index (χ0) is 59.8. The Kier molecular flexibility index (Phi) is 55.8. The van der Waals surface area contributed by atoms with Crippen molar-refractivity contribution >= 4 is 39.5 Å². The van der Waals surface area contributed by atoms with Gasteiger partial charge in [0, 0.05) is 25.7 Å². The second-order valence-corrected chi connectivity index (χ2v) is 25.4. The van der Waals surface area contributed by atoms with E-state index in [2.05, 4.69) is 27.7 Å². The fourth-order valence-corrected chi connectivity index (χ4v) is 10.9. The van der Waals surface area contributed by atoms with E-state index in [1.165, 1.54) is 141 Å². The number of phosphoric ester groups is 2. The van der Waals surface area contributed by atoms with Gasteiger partial charge in [-0.3, -0.25) is 37.3 Å². The van der Waals surface area contributed by atoms with Crippen LogP contribution >= 0.6 is 15.6 Å². The van der Waals surface area contributed by atoms with E-state index >= 15 is 0 Å². The lowest BCUT2D eigenvalue weighted by atomic mass is 10.0. The number of aliphatic hydroxyl groups excluding tert-OH is 1. The maximum absolute atomic E-state index is 12.9. The minimum atomic E-state index is -4.94. The van der Waals surface area contributed by atoms with Gasteiger partial charge in [0.05, 0.1) is 26.4 Å². The molecule has 0 spiro atoms. The molecule has 0 aliphatic heterocycles. The molecule has 17 nitrogen and oxygen atoms in total. The number of carbonyl (C=O) groups is 4. The summed E-state index contributed by atoms with van der Waals surface area (Å²) in [5.41, 5.74) is 0. The van der Waals surface area contributed by atoms with E-state index in [0.29, 0.717) is 25.7 Å². The highest BCUT2D eigenvalue weighted by atomic mass is 31.2. The molecule has 0 aromatic heterocycles. The van der Waals surface area contributed by atoms with Gasteiger partial charge in [-0.1, -0.05) is 265 Å². The average Bonchev–Trinajstić information content (AvgIpc) is 3.44. The highest BCUT2D eigenvalue weighted by molar-refractivity contribution is 7.47. The normalized spacial score (nSPS) is 14.2. The molecule has 0 heterocycles. The minimum absolute atomic E-state index is 0.106. The Morgan fingerprint density at radius 2 is 0.494 bits per heavy atom. The molecule has 0 aliphatic rings. The Morgan fingerprint density at radius 1 is 0.296 bits per heavy atom. The fraction of sp³-hybridized carbons (Fsp3) is 0.935. The summed E-state index contributed by atoms with van der Waals surface area (Å²) in [5, 5.41) is 10.5. The first-order valence-corrected chi connectivity index (χ1v) is 35.8. The second kappa shape index (κ2) is 57.2. The summed E-state index contributed by atoms with van der Waals surface area (Å²) in [5.74, 6) is -2.14. The molecule has 0 rings (SSSR count). The first kappa shape index (κ1) is 79.1. The van der Waals surface area contributed by atoms with Gasteiger partial charge in [0.15, 0.2) is 12.2 Å². The molecule has 81 heavy (non-hydrogen) atoms. The van der Waals surface area contributed by atoms with Gasteiger partial charge in [-0.2, -0.15) is 0 Å². The van der Waals surface area contributed by atoms with Crippen molar-refractivity contribution in [2.45, 2.75) is 335 Å². The third kappa shape index (κ3) is 56.9. The summed E-state index contributed by atoms with van der Waals surface area (Å²) in [4.78, 5) is 71.9. The van der Waals surface area contributed by atoms with Crippen molar-refractivity contribution < 1.29 is 80.2 Å². The van der Waals surface area contributed by atoms with E-state index in [4.69, 9.17) is 37.0 Å². The number of ether oxygens (including phenoxy) is 4. The van der Waals surface area contributed by atoms with Gasteiger partial charge in [-0.15, -0.1) is 0 Å². The lowest BCUT2D eigenvalue weighted by Crippen LogP contribution is -2.30. The Balaban J connectivity index is 5.17. The van der Waals surface area contributed by atoms with Crippen LogP contribution in [-0.4, -0.2) is 96.7 Å². The Hall–Kier alpha value is -1.94. The molecule has 0 amide bonds. The number of carbonyl (C=O) groups excluding carboxylic acids is 4. The highest BCUT2D eigenvalue weighted by Crippen LogP contribution is 2.45. The summed E-state index contributed by atoms with van der Waals surface area (Å²) >= 11 is 0. The number of rotatable bonds is 63. The smallest absolute Gasteiger partial charge is 0.462 e. The standard InChI is InChI=1S/C62H120O17P2/c1-5-9-13-17-20-23-26-27-28-31-34-37-41-45-49-62(67)79-58(53-73-60(65)47-43-39-35-32-29-24-21-18-14-10-6-2)55-77-81(70,71)75-51-56(63)50-74-80(68,69)76-54-57(52-72-59(64)46-42-38-16-12-8-4)78-61(66)48-44-40-36-33-30-25-22-19-15-11-7-3/h56-58,63H,5-55H2,1-4H3,(H,68,69)(H,70,71)/t56-,57+,58+/m0/s1. The zero-order valence-corrected chi connectivity index (χ0v) is 53.5. The SMILES string of the molecule is CCCCCCCCCCCCCCCCC(=O)O[C@H](COC(=O)CCCCCCCCCCCCC)COP(=O)(O)OC[C@@H](O)COP(=O)(O)OC[C@@H](COC(=O)CCCCCCC)OC(=O)CCCCCCCCCCCCC. The molecule has 2 unspecified atom stereocenters. The summed E-state index contributed by atoms with van der Waals surface area (Å²) < 4.78 is 67.7. The van der Waals surface area contributed by atoms with E-state index in [1.807, 2.05) is 0 Å². The monoisotopic (exact) mass is 1200 g/mol. The summed E-state index contributed by atoms with van der Waals surface area (Å²) in [6, 6.07) is 0. The molecule has 480 valence electrons. The molecule has 0 bridgehead atoms. The van der Waals surface area contributed by atoms with Crippen LogP contribution in [0.5, 0.6) is 0 Å². The molecule has 0 saturated carbocycles. The van der Waals surface area contributed by atoms with Crippen LogP contribution in [0.2, 0.25) is 0 Å². The zero-order valence-electron chi connectivity index (χ0n) is 51.7. The molecule has 19 heteroatoms. The van der Waals surface area contributed by atoms with E-state index in [9.17, 15) is 43.2 Å². The molecular weight excluding hydrogens is 1080 g/mol. The van der Waals surface area contributed by atoms with Crippen LogP contribution in [0, 0.1) is 0 Å². The van der Waals surface area contributed by atoms with Crippen LogP contribution in [0.3, 0.4) is 0 Å². The topological polar surface area (TPSA) is 237 Å². The molecule has 0 aromatic rings. The number of unbranched alkanes of at least 4 members (excludes halogenated alkanes) is 37. The third-order valence-corrected chi connectivity index (χ3v) is 16.3. The molecule has 3 N–H and O–H groups in total. The van der Waals surface area contributed by atoms with E-state index in [0.717, 1.165) is 96.3 Å². The van der Waals surface area contributed by atoms with E-state index < -0.39 is 97.5 Å².